The number of non-ortho nitro benzene ring substituents is 1. The van der Waals surface area contributed by atoms with Crippen molar-refractivity contribution >= 4 is 17.1 Å². The molecule has 2 rings (SSSR count). The van der Waals surface area contributed by atoms with Gasteiger partial charge in [-0.2, -0.15) is 0 Å². The van der Waals surface area contributed by atoms with Crippen molar-refractivity contribution in [1.29, 1.82) is 0 Å². The molecule has 104 valence electrons. The molecule has 2 N–H and O–H groups in total. The number of nitro groups is 1. The van der Waals surface area contributed by atoms with Crippen LogP contribution in [0.25, 0.3) is 0 Å². The summed E-state index contributed by atoms with van der Waals surface area (Å²) in [7, 11) is 0. The number of rotatable bonds is 7. The fourth-order valence-corrected chi connectivity index (χ4v) is 2.43. The maximum absolute atomic E-state index is 10.9. The third-order valence-electron chi connectivity index (χ3n) is 3.44. The summed E-state index contributed by atoms with van der Waals surface area (Å²) in [5, 5.41) is 17.5. The number of nitro benzene ring substituents is 1. The zero-order valence-corrected chi connectivity index (χ0v) is 11.5. The number of benzene rings is 1. The lowest BCUT2D eigenvalue weighted by molar-refractivity contribution is -0.384. The molecule has 1 aliphatic carbocycles. The van der Waals surface area contributed by atoms with Gasteiger partial charge < -0.3 is 10.6 Å². The van der Waals surface area contributed by atoms with Crippen molar-refractivity contribution in [1.82, 2.24) is 0 Å². The van der Waals surface area contributed by atoms with Crippen LogP contribution < -0.4 is 10.6 Å². The molecule has 0 aromatic heterocycles. The Labute approximate surface area is 113 Å². The molecule has 0 spiro atoms. The molecule has 1 fully saturated rings. The largest absolute Gasteiger partial charge is 0.385 e. The Morgan fingerprint density at radius 3 is 2.68 bits per heavy atom. The Balaban J connectivity index is 2.08. The lowest BCUT2D eigenvalue weighted by atomic mass is 10.2. The summed E-state index contributed by atoms with van der Waals surface area (Å²) in [5.74, 6) is 0.729. The van der Waals surface area contributed by atoms with Gasteiger partial charge in [-0.3, -0.25) is 10.1 Å². The van der Waals surface area contributed by atoms with Gasteiger partial charge in [0.2, 0.25) is 0 Å². The van der Waals surface area contributed by atoms with E-state index < -0.39 is 0 Å². The Morgan fingerprint density at radius 2 is 2.05 bits per heavy atom. The molecule has 0 bridgehead atoms. The van der Waals surface area contributed by atoms with Gasteiger partial charge in [-0.1, -0.05) is 13.3 Å². The quantitative estimate of drug-likeness (QED) is 0.582. The smallest absolute Gasteiger partial charge is 0.273 e. The molecule has 0 heterocycles. The molecule has 0 amide bonds. The van der Waals surface area contributed by atoms with Crippen molar-refractivity contribution in [3.63, 3.8) is 0 Å². The van der Waals surface area contributed by atoms with E-state index in [2.05, 4.69) is 17.6 Å². The fourth-order valence-electron chi connectivity index (χ4n) is 2.43. The van der Waals surface area contributed by atoms with Crippen molar-refractivity contribution in [3.8, 4) is 0 Å². The summed E-state index contributed by atoms with van der Waals surface area (Å²) in [4.78, 5) is 10.6. The van der Waals surface area contributed by atoms with Gasteiger partial charge in [0.15, 0.2) is 0 Å². The van der Waals surface area contributed by atoms with Gasteiger partial charge in [0.1, 0.15) is 0 Å². The Kier molecular flexibility index (Phi) is 4.24. The molecule has 2 atom stereocenters. The van der Waals surface area contributed by atoms with Gasteiger partial charge in [-0.25, -0.2) is 0 Å². The molecule has 0 saturated heterocycles. The lowest BCUT2D eigenvalue weighted by Crippen LogP contribution is -2.06. The number of anilines is 2. The lowest BCUT2D eigenvalue weighted by Gasteiger charge is -2.09. The van der Waals surface area contributed by atoms with Crippen molar-refractivity contribution in [2.24, 2.45) is 5.92 Å². The Morgan fingerprint density at radius 1 is 1.32 bits per heavy atom. The first-order valence-corrected chi connectivity index (χ1v) is 6.94. The summed E-state index contributed by atoms with van der Waals surface area (Å²) in [6.07, 6.45) is 3.60. The maximum Gasteiger partial charge on any atom is 0.273 e. The van der Waals surface area contributed by atoms with Crippen molar-refractivity contribution in [3.05, 3.63) is 28.3 Å². The molecule has 1 saturated carbocycles. The summed E-state index contributed by atoms with van der Waals surface area (Å²) < 4.78 is 0. The number of hydrogen-bond acceptors (Lipinski definition) is 4. The normalized spacial score (nSPS) is 20.9. The van der Waals surface area contributed by atoms with Crippen LogP contribution in [0, 0.1) is 16.0 Å². The average Bonchev–Trinajstić information content (AvgIpc) is 3.07. The molecule has 0 radical (unpaired) electrons. The van der Waals surface area contributed by atoms with E-state index in [1.165, 1.54) is 19.3 Å². The van der Waals surface area contributed by atoms with Crippen LogP contribution in [0.3, 0.4) is 0 Å². The molecule has 1 aromatic rings. The van der Waals surface area contributed by atoms with Crippen LogP contribution in [0.2, 0.25) is 0 Å². The van der Waals surface area contributed by atoms with Crippen LogP contribution >= 0.6 is 0 Å². The van der Waals surface area contributed by atoms with Crippen LogP contribution in [-0.2, 0) is 0 Å². The average molecular weight is 263 g/mol. The zero-order chi connectivity index (χ0) is 13.8. The Hall–Kier alpha value is -1.78. The van der Waals surface area contributed by atoms with E-state index in [1.54, 1.807) is 12.1 Å². The highest BCUT2D eigenvalue weighted by molar-refractivity contribution is 5.64. The first-order chi connectivity index (χ1) is 9.13. The SMILES string of the molecule is CCCC1CC1Nc1cc(NCC)cc([N+](=O)[O-])c1. The molecule has 19 heavy (non-hydrogen) atoms. The van der Waals surface area contributed by atoms with Crippen LogP contribution in [0.4, 0.5) is 17.1 Å². The van der Waals surface area contributed by atoms with E-state index in [0.717, 1.165) is 23.8 Å². The van der Waals surface area contributed by atoms with E-state index in [9.17, 15) is 10.1 Å². The summed E-state index contributed by atoms with van der Waals surface area (Å²) in [5.41, 5.74) is 1.77. The highest BCUT2D eigenvalue weighted by Crippen LogP contribution is 2.38. The second kappa shape index (κ2) is 5.91. The molecule has 0 aliphatic heterocycles. The molecule has 5 nitrogen and oxygen atoms in total. The van der Waals surface area contributed by atoms with Gasteiger partial charge in [-0.05, 0) is 31.7 Å². The third kappa shape index (κ3) is 3.59. The van der Waals surface area contributed by atoms with Crippen LogP contribution in [0.1, 0.15) is 33.1 Å². The van der Waals surface area contributed by atoms with Crippen LogP contribution in [-0.4, -0.2) is 17.5 Å². The van der Waals surface area contributed by atoms with E-state index >= 15 is 0 Å². The summed E-state index contributed by atoms with van der Waals surface area (Å²) >= 11 is 0. The first-order valence-electron chi connectivity index (χ1n) is 6.94. The second-order valence-corrected chi connectivity index (χ2v) is 5.09. The Bertz CT molecular complexity index is 462. The molecule has 1 aromatic carbocycles. The highest BCUT2D eigenvalue weighted by atomic mass is 16.6. The van der Waals surface area contributed by atoms with Gasteiger partial charge in [0, 0.05) is 36.1 Å². The molecular formula is C14H21N3O2. The van der Waals surface area contributed by atoms with Gasteiger partial charge in [-0.15, -0.1) is 0 Å². The summed E-state index contributed by atoms with van der Waals surface area (Å²) in [6.45, 7) is 4.92. The van der Waals surface area contributed by atoms with Crippen molar-refractivity contribution in [2.45, 2.75) is 39.2 Å². The predicted molar refractivity (Wildman–Crippen MR) is 77.7 cm³/mol. The van der Waals surface area contributed by atoms with E-state index in [1.807, 2.05) is 13.0 Å². The molecular weight excluding hydrogens is 242 g/mol. The monoisotopic (exact) mass is 263 g/mol. The van der Waals surface area contributed by atoms with Gasteiger partial charge in [0.05, 0.1) is 4.92 Å². The second-order valence-electron chi connectivity index (χ2n) is 5.09. The fraction of sp³-hybridized carbons (Fsp3) is 0.571. The molecule has 1 aliphatic rings. The van der Waals surface area contributed by atoms with Crippen molar-refractivity contribution in [2.75, 3.05) is 17.2 Å². The zero-order valence-electron chi connectivity index (χ0n) is 11.5. The van der Waals surface area contributed by atoms with Crippen molar-refractivity contribution < 1.29 is 4.92 Å². The van der Waals surface area contributed by atoms with E-state index in [-0.39, 0.29) is 10.6 Å². The standard InChI is InChI=1S/C14H21N3O2/c1-3-5-10-6-14(10)16-12-7-11(15-4-2)8-13(9-12)17(18)19/h7-10,14-16H,3-6H2,1-2H3. The number of nitrogens with one attached hydrogen (secondary N) is 2. The minimum absolute atomic E-state index is 0.133. The first kappa shape index (κ1) is 13.6. The topological polar surface area (TPSA) is 67.2 Å². The van der Waals surface area contributed by atoms with Gasteiger partial charge in [0.25, 0.3) is 5.69 Å². The minimum Gasteiger partial charge on any atom is -0.385 e. The van der Waals surface area contributed by atoms with E-state index in [0.29, 0.717) is 6.04 Å². The number of hydrogen-bond donors (Lipinski definition) is 2. The summed E-state index contributed by atoms with van der Waals surface area (Å²) in [6, 6.07) is 5.61. The van der Waals surface area contributed by atoms with E-state index in [4.69, 9.17) is 0 Å². The van der Waals surface area contributed by atoms with Crippen LogP contribution in [0.5, 0.6) is 0 Å². The maximum atomic E-state index is 10.9. The minimum atomic E-state index is -0.345. The highest BCUT2D eigenvalue weighted by Gasteiger charge is 2.36. The molecule has 5 heteroatoms. The van der Waals surface area contributed by atoms with Gasteiger partial charge >= 0.3 is 0 Å². The third-order valence-corrected chi connectivity index (χ3v) is 3.44. The number of nitrogens with zero attached hydrogens (tertiary/aromatic N) is 1. The predicted octanol–water partition coefficient (Wildman–Crippen LogP) is 3.63. The molecule has 2 unspecified atom stereocenters. The van der Waals surface area contributed by atoms with Crippen LogP contribution in [0.15, 0.2) is 18.2 Å².